The predicted octanol–water partition coefficient (Wildman–Crippen LogP) is 0.946. The minimum atomic E-state index is -0.528. The van der Waals surface area contributed by atoms with Gasteiger partial charge in [-0.3, -0.25) is 48.6 Å². The Labute approximate surface area is 429 Å². The molecule has 1 saturated heterocycles. The lowest BCUT2D eigenvalue weighted by Crippen LogP contribution is -2.51. The molecular weight excluding hydrogens is 931 g/mol. The van der Waals surface area contributed by atoms with Crippen LogP contribution in [0.1, 0.15) is 74.5 Å². The van der Waals surface area contributed by atoms with E-state index in [9.17, 15) is 28.8 Å². The molecular formula is C52H77N15O6. The maximum absolute atomic E-state index is 14.8. The first kappa shape index (κ1) is 58.0. The summed E-state index contributed by atoms with van der Waals surface area (Å²) in [5, 5.41) is 0. The van der Waals surface area contributed by atoms with Crippen molar-refractivity contribution < 1.29 is 28.8 Å². The molecule has 0 spiro atoms. The van der Waals surface area contributed by atoms with E-state index in [0.717, 1.165) is 16.7 Å². The maximum atomic E-state index is 14.8. The highest BCUT2D eigenvalue weighted by Crippen LogP contribution is 2.14. The van der Waals surface area contributed by atoms with Crippen LogP contribution in [0.25, 0.3) is 0 Å². The molecule has 1 aliphatic heterocycles. The van der Waals surface area contributed by atoms with Gasteiger partial charge in [0.05, 0.1) is 26.2 Å². The van der Waals surface area contributed by atoms with Crippen LogP contribution in [0, 0.1) is 0 Å². The fourth-order valence-corrected chi connectivity index (χ4v) is 8.16. The molecule has 21 heteroatoms. The van der Waals surface area contributed by atoms with Crippen LogP contribution in [0.2, 0.25) is 0 Å². The third-order valence-corrected chi connectivity index (χ3v) is 12.1. The summed E-state index contributed by atoms with van der Waals surface area (Å²) in [6.07, 6.45) is 4.38. The van der Waals surface area contributed by atoms with E-state index >= 15 is 0 Å². The summed E-state index contributed by atoms with van der Waals surface area (Å²) in [4.78, 5) is 108. The minimum Gasteiger partial charge on any atom is -0.370 e. The van der Waals surface area contributed by atoms with Crippen LogP contribution < -0.4 is 34.4 Å². The van der Waals surface area contributed by atoms with Crippen LogP contribution in [-0.4, -0.2) is 168 Å². The molecule has 0 radical (unpaired) electrons. The van der Waals surface area contributed by atoms with Crippen LogP contribution in [0.15, 0.2) is 106 Å². The Hall–Kier alpha value is -7.55. The summed E-state index contributed by atoms with van der Waals surface area (Å²) in [7, 11) is 0. The van der Waals surface area contributed by atoms with Gasteiger partial charge < -0.3 is 58.9 Å². The molecule has 0 aliphatic carbocycles. The molecule has 1 heterocycles. The summed E-state index contributed by atoms with van der Waals surface area (Å²) in [6, 6.07) is 27.8. The SMILES string of the molecule is NC(N)=NCCCCN1CCCCC(=O)CN(Cc2ccccc2)C(=O)CN(CCCCN=C(N)N)C(=O)CN(Cc2ccccc2)C(=O)CN(CCCCN=C(N)N)C(=O)CN(Cc2ccccc2)C(=O)C1. The van der Waals surface area contributed by atoms with Gasteiger partial charge in [0.15, 0.2) is 23.7 Å². The Balaban J connectivity index is 1.77. The number of carbonyl (C=O) groups is 6. The van der Waals surface area contributed by atoms with Crippen LogP contribution in [0.4, 0.5) is 0 Å². The Bertz CT molecular complexity index is 2270. The number of hydrogen-bond acceptors (Lipinski definition) is 10. The van der Waals surface area contributed by atoms with Gasteiger partial charge in [0.25, 0.3) is 0 Å². The van der Waals surface area contributed by atoms with E-state index in [4.69, 9.17) is 34.4 Å². The van der Waals surface area contributed by atoms with Crippen molar-refractivity contribution in [2.75, 3.05) is 85.1 Å². The maximum Gasteiger partial charge on any atom is 0.242 e. The molecule has 0 atom stereocenters. The van der Waals surface area contributed by atoms with Crippen molar-refractivity contribution >= 4 is 53.2 Å². The summed E-state index contributed by atoms with van der Waals surface area (Å²) in [6.45, 7) is 0.756. The Morgan fingerprint density at radius 2 is 0.712 bits per heavy atom. The molecule has 3 aromatic rings. The lowest BCUT2D eigenvalue weighted by atomic mass is 10.1. The Morgan fingerprint density at radius 3 is 1.10 bits per heavy atom. The zero-order valence-electron chi connectivity index (χ0n) is 42.3. The lowest BCUT2D eigenvalue weighted by molar-refractivity contribution is -0.148. The van der Waals surface area contributed by atoms with E-state index in [0.29, 0.717) is 84.1 Å². The predicted molar refractivity (Wildman–Crippen MR) is 284 cm³/mol. The van der Waals surface area contributed by atoms with E-state index in [1.54, 1.807) is 0 Å². The lowest BCUT2D eigenvalue weighted by Gasteiger charge is -2.32. The molecule has 0 saturated carbocycles. The largest absolute Gasteiger partial charge is 0.370 e. The quantitative estimate of drug-likeness (QED) is 0.0493. The Morgan fingerprint density at radius 1 is 0.384 bits per heavy atom. The second-order valence-electron chi connectivity index (χ2n) is 18.1. The second kappa shape index (κ2) is 32.4. The fourth-order valence-electron chi connectivity index (χ4n) is 8.16. The molecule has 1 aliphatic rings. The normalized spacial score (nSPS) is 15.7. The summed E-state index contributed by atoms with van der Waals surface area (Å²) in [5.41, 5.74) is 35.8. The van der Waals surface area contributed by atoms with Crippen LogP contribution in [0.3, 0.4) is 0 Å². The summed E-state index contributed by atoms with van der Waals surface area (Å²) >= 11 is 0. The molecule has 4 rings (SSSR count). The highest BCUT2D eigenvalue weighted by atomic mass is 16.2. The van der Waals surface area contributed by atoms with Gasteiger partial charge in [-0.15, -0.1) is 0 Å². The van der Waals surface area contributed by atoms with Gasteiger partial charge in [0.2, 0.25) is 29.5 Å². The first-order chi connectivity index (χ1) is 35.2. The molecule has 73 heavy (non-hydrogen) atoms. The van der Waals surface area contributed by atoms with E-state index in [1.807, 2.05) is 95.9 Å². The van der Waals surface area contributed by atoms with E-state index in [-0.39, 0.29) is 94.9 Å². The number of nitrogens with zero attached hydrogens (tertiary/aromatic N) is 9. The molecule has 0 aromatic heterocycles. The fraction of sp³-hybridized carbons (Fsp3) is 0.481. The van der Waals surface area contributed by atoms with Gasteiger partial charge in [-0.1, -0.05) is 91.0 Å². The minimum absolute atomic E-state index is 0.00524. The molecule has 1 fully saturated rings. The van der Waals surface area contributed by atoms with E-state index in [2.05, 4.69) is 15.0 Å². The first-order valence-electron chi connectivity index (χ1n) is 25.1. The average molecular weight is 1010 g/mol. The molecule has 12 N–H and O–H groups in total. The third kappa shape index (κ3) is 23.5. The second-order valence-corrected chi connectivity index (χ2v) is 18.1. The smallest absolute Gasteiger partial charge is 0.242 e. The topological polar surface area (TPSA) is 315 Å². The number of aliphatic imine (C=N–C) groups is 3. The number of Topliss-reactive ketones (excluding diaryl/α,β-unsaturated/α-hetero) is 1. The number of rotatable bonds is 21. The molecule has 5 amide bonds. The van der Waals surface area contributed by atoms with Gasteiger partial charge in [-0.05, 0) is 81.1 Å². The van der Waals surface area contributed by atoms with Gasteiger partial charge in [0, 0.05) is 58.8 Å². The Kier molecular flexibility index (Phi) is 25.8. The van der Waals surface area contributed by atoms with Crippen molar-refractivity contribution in [1.29, 1.82) is 0 Å². The third-order valence-electron chi connectivity index (χ3n) is 12.1. The highest BCUT2D eigenvalue weighted by molar-refractivity contribution is 5.92. The van der Waals surface area contributed by atoms with Crippen molar-refractivity contribution in [1.82, 2.24) is 29.4 Å². The number of guanidine groups is 3. The highest BCUT2D eigenvalue weighted by Gasteiger charge is 2.30. The van der Waals surface area contributed by atoms with Gasteiger partial charge in [-0.25, -0.2) is 0 Å². The monoisotopic (exact) mass is 1010 g/mol. The zero-order valence-corrected chi connectivity index (χ0v) is 42.3. The van der Waals surface area contributed by atoms with Crippen molar-refractivity contribution in [3.63, 3.8) is 0 Å². The number of hydrogen-bond donors (Lipinski definition) is 6. The van der Waals surface area contributed by atoms with Crippen molar-refractivity contribution in [3.05, 3.63) is 108 Å². The van der Waals surface area contributed by atoms with Crippen molar-refractivity contribution in [2.45, 2.75) is 77.4 Å². The van der Waals surface area contributed by atoms with Crippen molar-refractivity contribution in [2.24, 2.45) is 49.4 Å². The van der Waals surface area contributed by atoms with E-state index < -0.39 is 36.7 Å². The summed E-state index contributed by atoms with van der Waals surface area (Å²) in [5.74, 6) is -2.56. The zero-order chi connectivity index (χ0) is 52.8. The van der Waals surface area contributed by atoms with Gasteiger partial charge in [0.1, 0.15) is 13.1 Å². The van der Waals surface area contributed by atoms with Gasteiger partial charge >= 0.3 is 0 Å². The average Bonchev–Trinajstić information content (AvgIpc) is 3.36. The molecule has 0 bridgehead atoms. The first-order valence-corrected chi connectivity index (χ1v) is 25.1. The van der Waals surface area contributed by atoms with Crippen LogP contribution in [-0.2, 0) is 48.4 Å². The molecule has 21 nitrogen and oxygen atoms in total. The van der Waals surface area contributed by atoms with E-state index in [1.165, 1.54) is 24.5 Å². The number of benzene rings is 3. The summed E-state index contributed by atoms with van der Waals surface area (Å²) < 4.78 is 0. The molecule has 3 aromatic carbocycles. The number of nitrogens with two attached hydrogens (primary N) is 6. The number of carbonyl (C=O) groups excluding carboxylic acids is 6. The molecule has 0 unspecified atom stereocenters. The number of unbranched alkanes of at least 4 members (excludes halogenated alkanes) is 3. The standard InChI is InChI=1S/C52H77N15O6/c53-50(54)59-25-11-15-29-62-28-14-10-24-44(68)35-65(32-41-18-4-1-5-19-41)48(72)37-63(30-16-12-26-60-51(55)56)47(71)40-67(34-43-22-8-3-9-23-43)49(73)38-64(31-17-13-27-61-52(57)58)46(70)39-66(45(69)36-62)33-42-20-6-2-7-21-42/h1-9,18-23H,10-17,24-40H2,(H4,53,54,59)(H4,55,56,60)(H4,57,58,61). The van der Waals surface area contributed by atoms with Gasteiger partial charge in [-0.2, -0.15) is 0 Å². The number of amides is 5. The number of ketones is 1. The molecule has 396 valence electrons. The van der Waals surface area contributed by atoms with Crippen molar-refractivity contribution in [3.8, 4) is 0 Å². The van der Waals surface area contributed by atoms with Crippen LogP contribution in [0.5, 0.6) is 0 Å². The van der Waals surface area contributed by atoms with Crippen LogP contribution >= 0.6 is 0 Å².